The van der Waals surface area contributed by atoms with Gasteiger partial charge in [-0.3, -0.25) is 19.6 Å². The molecule has 2 N–H and O–H groups in total. The monoisotopic (exact) mass is 626 g/mol. The van der Waals surface area contributed by atoms with Gasteiger partial charge < -0.3 is 17.6 Å². The average Bonchev–Trinajstić information content (AvgIpc) is 3.42. The molecule has 4 aromatic rings. The Morgan fingerprint density at radius 3 is 1.11 bits per heavy atom. The second kappa shape index (κ2) is 14.3. The standard InChI is InChI=1S/2C18H20N2O.CH3.V/c2*21-17-15(14-6-2-1-3-7-14)8-4-9-16(17)18-19-10-5-11-20(18)13-12-19;;/h2*1-4,6-9,18,21H,5,10-13H2;1H3;/q;;-1;. The van der Waals surface area contributed by atoms with E-state index >= 15 is 0 Å². The predicted molar refractivity (Wildman–Crippen MR) is 175 cm³/mol. The Morgan fingerprint density at radius 1 is 0.432 bits per heavy atom. The number of benzene rings is 4. The van der Waals surface area contributed by atoms with E-state index in [-0.39, 0.29) is 38.3 Å². The molecule has 4 heterocycles. The zero-order chi connectivity index (χ0) is 28.5. The smallest absolute Gasteiger partial charge is 0.129 e. The number of phenolic OH excluding ortho intramolecular Hbond substituents is 2. The summed E-state index contributed by atoms with van der Waals surface area (Å²) in [6.45, 7) is 8.98. The summed E-state index contributed by atoms with van der Waals surface area (Å²) in [5.41, 5.74) is 6.11. The normalized spacial score (nSPS) is 26.5. The van der Waals surface area contributed by atoms with E-state index in [1.54, 1.807) is 0 Å². The molecule has 4 saturated heterocycles. The fraction of sp³-hybridized carbons (Fsp3) is 0.324. The van der Waals surface area contributed by atoms with E-state index in [2.05, 4.69) is 68.1 Å². The van der Waals surface area contributed by atoms with Crippen LogP contribution in [-0.2, 0) is 18.6 Å². The Morgan fingerprint density at radius 2 is 0.773 bits per heavy atom. The van der Waals surface area contributed by atoms with Crippen molar-refractivity contribution in [1.82, 2.24) is 19.6 Å². The molecule has 0 aliphatic carbocycles. The maximum absolute atomic E-state index is 10.8. The number of para-hydroxylation sites is 2. The van der Waals surface area contributed by atoms with Gasteiger partial charge in [-0.25, -0.2) is 0 Å². The third kappa shape index (κ3) is 6.21. The first-order chi connectivity index (χ1) is 20.7. The minimum Gasteiger partial charge on any atom is -0.507 e. The van der Waals surface area contributed by atoms with Gasteiger partial charge in [-0.15, -0.1) is 0 Å². The SMILES string of the molecule is Oc1c(-c2ccccc2)cccc1C1N2CCCN1CC2.Oc1c(-c2ccccc2)cccc1C1N2CCCN1CC2.[CH3-].[V]. The fourth-order valence-electron chi connectivity index (χ4n) is 7.38. The van der Waals surface area contributed by atoms with Crippen LogP contribution >= 0.6 is 0 Å². The van der Waals surface area contributed by atoms with Crippen molar-refractivity contribution in [3.05, 3.63) is 116 Å². The van der Waals surface area contributed by atoms with Gasteiger partial charge in [-0.1, -0.05) is 97.1 Å². The van der Waals surface area contributed by atoms with E-state index in [0.29, 0.717) is 11.5 Å². The van der Waals surface area contributed by atoms with Gasteiger partial charge in [0.25, 0.3) is 0 Å². The Kier molecular flexibility index (Phi) is 10.5. The van der Waals surface area contributed by atoms with Crippen molar-refractivity contribution >= 4 is 0 Å². The molecule has 4 aromatic carbocycles. The minimum absolute atomic E-state index is 0. The molecule has 4 atom stereocenters. The van der Waals surface area contributed by atoms with Crippen LogP contribution in [0.25, 0.3) is 22.3 Å². The predicted octanol–water partition coefficient (Wildman–Crippen LogP) is 6.61. The second-order valence-electron chi connectivity index (χ2n) is 11.8. The number of hydrogen-bond acceptors (Lipinski definition) is 6. The van der Waals surface area contributed by atoms with E-state index in [0.717, 1.165) is 85.7 Å². The molecule has 4 aliphatic heterocycles. The summed E-state index contributed by atoms with van der Waals surface area (Å²) in [6.07, 6.45) is 2.97. The quantitative estimate of drug-likeness (QED) is 0.249. The first kappa shape index (κ1) is 32.3. The maximum Gasteiger partial charge on any atom is 0.129 e. The van der Waals surface area contributed by atoms with Crippen LogP contribution in [0.2, 0.25) is 0 Å². The summed E-state index contributed by atoms with van der Waals surface area (Å²) < 4.78 is 0. The van der Waals surface area contributed by atoms with Gasteiger partial charge in [0, 0.05) is 93.2 Å². The third-order valence-corrected chi connectivity index (χ3v) is 9.37. The molecule has 8 rings (SSSR count). The Balaban J connectivity index is 0.000000167. The molecule has 229 valence electrons. The van der Waals surface area contributed by atoms with Crippen LogP contribution in [0, 0.1) is 7.43 Å². The van der Waals surface area contributed by atoms with Crippen LogP contribution in [0.4, 0.5) is 0 Å². The molecule has 1 radical (unpaired) electrons. The van der Waals surface area contributed by atoms with Crippen LogP contribution in [-0.4, -0.2) is 82.2 Å². The van der Waals surface area contributed by atoms with Crippen molar-refractivity contribution < 1.29 is 28.8 Å². The molecule has 0 amide bonds. The third-order valence-electron chi connectivity index (χ3n) is 9.37. The zero-order valence-corrected chi connectivity index (χ0v) is 27.0. The Labute approximate surface area is 274 Å². The molecule has 4 fully saturated rings. The summed E-state index contributed by atoms with van der Waals surface area (Å²) in [4.78, 5) is 9.92. The van der Waals surface area contributed by atoms with Gasteiger partial charge in [0.1, 0.15) is 11.5 Å². The van der Waals surface area contributed by atoms with E-state index < -0.39 is 0 Å². The largest absolute Gasteiger partial charge is 0.507 e. The summed E-state index contributed by atoms with van der Waals surface area (Å²) in [6, 6.07) is 32.5. The molecule has 0 saturated carbocycles. The van der Waals surface area contributed by atoms with Crippen LogP contribution in [0.5, 0.6) is 11.5 Å². The summed E-state index contributed by atoms with van der Waals surface area (Å²) in [7, 11) is 0. The molecule has 0 aromatic heterocycles. The maximum atomic E-state index is 10.8. The molecule has 0 spiro atoms. The van der Waals surface area contributed by atoms with Crippen molar-refractivity contribution in [2.45, 2.75) is 25.2 Å². The number of nitrogens with zero attached hydrogens (tertiary/aromatic N) is 4. The zero-order valence-electron chi connectivity index (χ0n) is 25.6. The summed E-state index contributed by atoms with van der Waals surface area (Å²) in [5, 5.41) is 21.6. The molecular weight excluding hydrogens is 583 g/mol. The van der Waals surface area contributed by atoms with E-state index in [4.69, 9.17) is 0 Å². The van der Waals surface area contributed by atoms with Crippen molar-refractivity contribution in [3.63, 3.8) is 0 Å². The number of fused-ring (bicyclic) bond motifs is 4. The summed E-state index contributed by atoms with van der Waals surface area (Å²) in [5.74, 6) is 0.875. The average molecular weight is 627 g/mol. The minimum atomic E-state index is 0. The number of aromatic hydroxyl groups is 2. The Hall–Kier alpha value is -3.10. The van der Waals surface area contributed by atoms with Crippen molar-refractivity contribution in [2.24, 2.45) is 0 Å². The van der Waals surface area contributed by atoms with Crippen LogP contribution in [0.3, 0.4) is 0 Å². The van der Waals surface area contributed by atoms with Gasteiger partial charge in [0.05, 0.1) is 12.3 Å². The first-order valence-electron chi connectivity index (χ1n) is 15.4. The molecule has 44 heavy (non-hydrogen) atoms. The topological polar surface area (TPSA) is 53.4 Å². The van der Waals surface area contributed by atoms with Crippen LogP contribution < -0.4 is 0 Å². The second-order valence-corrected chi connectivity index (χ2v) is 11.8. The van der Waals surface area contributed by atoms with E-state index in [1.807, 2.05) is 48.5 Å². The first-order valence-corrected chi connectivity index (χ1v) is 15.4. The Bertz CT molecular complexity index is 1370. The van der Waals surface area contributed by atoms with Gasteiger partial charge in [0.2, 0.25) is 0 Å². The van der Waals surface area contributed by atoms with Crippen molar-refractivity contribution in [2.75, 3.05) is 52.4 Å². The van der Waals surface area contributed by atoms with Crippen LogP contribution in [0.15, 0.2) is 97.1 Å². The number of hydrogen-bond donors (Lipinski definition) is 2. The van der Waals surface area contributed by atoms with Gasteiger partial charge in [-0.05, 0) is 24.0 Å². The number of rotatable bonds is 4. The number of phenols is 2. The molecular formula is C37H43N4O2V-. The molecule has 7 heteroatoms. The van der Waals surface area contributed by atoms with Crippen molar-refractivity contribution in [1.29, 1.82) is 0 Å². The van der Waals surface area contributed by atoms with E-state index in [1.165, 1.54) is 12.8 Å². The summed E-state index contributed by atoms with van der Waals surface area (Å²) >= 11 is 0. The van der Waals surface area contributed by atoms with Gasteiger partial charge >= 0.3 is 0 Å². The fourth-order valence-corrected chi connectivity index (χ4v) is 7.38. The van der Waals surface area contributed by atoms with Gasteiger partial charge in [-0.2, -0.15) is 0 Å². The molecule has 6 nitrogen and oxygen atoms in total. The van der Waals surface area contributed by atoms with Crippen LogP contribution in [0.1, 0.15) is 36.3 Å². The molecule has 4 bridgehead atoms. The molecule has 4 unspecified atom stereocenters. The molecule has 4 aliphatic rings. The van der Waals surface area contributed by atoms with E-state index in [9.17, 15) is 10.2 Å². The van der Waals surface area contributed by atoms with Gasteiger partial charge in [0.15, 0.2) is 0 Å². The van der Waals surface area contributed by atoms with Crippen molar-refractivity contribution in [3.8, 4) is 33.8 Å².